The minimum atomic E-state index is -0.676. The van der Waals surface area contributed by atoms with Crippen LogP contribution >= 0.6 is 0 Å². The van der Waals surface area contributed by atoms with E-state index in [1.807, 2.05) is 24.3 Å². The molecule has 0 bridgehead atoms. The summed E-state index contributed by atoms with van der Waals surface area (Å²) in [5.74, 6) is 0.881. The first-order valence-corrected chi connectivity index (χ1v) is 7.29. The molecule has 0 radical (unpaired) electrons. The van der Waals surface area contributed by atoms with E-state index in [2.05, 4.69) is 5.32 Å². The second-order valence-electron chi connectivity index (χ2n) is 6.01. The Bertz CT molecular complexity index is 391. The van der Waals surface area contributed by atoms with E-state index in [0.29, 0.717) is 13.2 Å². The van der Waals surface area contributed by atoms with E-state index in [0.717, 1.165) is 31.7 Å². The Morgan fingerprint density at radius 1 is 1.35 bits per heavy atom. The van der Waals surface area contributed by atoms with Gasteiger partial charge in [-0.1, -0.05) is 12.1 Å². The number of rotatable bonds is 7. The fourth-order valence-electron chi connectivity index (χ4n) is 2.18. The lowest BCUT2D eigenvalue weighted by Gasteiger charge is -2.17. The Balaban J connectivity index is 1.71. The quantitative estimate of drug-likeness (QED) is 0.802. The molecular formula is C16H25NO3. The van der Waals surface area contributed by atoms with Crippen molar-refractivity contribution in [3.63, 3.8) is 0 Å². The van der Waals surface area contributed by atoms with Gasteiger partial charge in [0.05, 0.1) is 11.7 Å². The fraction of sp³-hybridized carbons (Fsp3) is 0.625. The Hall–Kier alpha value is -1.10. The van der Waals surface area contributed by atoms with E-state index < -0.39 is 5.60 Å². The van der Waals surface area contributed by atoms with Crippen LogP contribution in [0.15, 0.2) is 24.3 Å². The van der Waals surface area contributed by atoms with Crippen LogP contribution in [0.3, 0.4) is 0 Å². The van der Waals surface area contributed by atoms with Crippen LogP contribution in [0.5, 0.6) is 5.75 Å². The molecule has 1 atom stereocenters. The molecule has 0 spiro atoms. The third kappa shape index (κ3) is 5.49. The van der Waals surface area contributed by atoms with Gasteiger partial charge < -0.3 is 19.9 Å². The summed E-state index contributed by atoms with van der Waals surface area (Å²) in [6, 6.07) is 8.05. The molecule has 1 aliphatic heterocycles. The predicted octanol–water partition coefficient (Wildman–Crippen LogP) is 2.10. The summed E-state index contributed by atoms with van der Waals surface area (Å²) in [4.78, 5) is 0. The van der Waals surface area contributed by atoms with Crippen LogP contribution in [-0.2, 0) is 11.3 Å². The van der Waals surface area contributed by atoms with E-state index in [1.54, 1.807) is 13.8 Å². The standard InChI is InChI=1S/C16H25NO3/c1-16(2,18)12-17-10-13-5-7-14(8-6-13)20-11-15-4-3-9-19-15/h5-8,15,17-18H,3-4,9-12H2,1-2H3. The maximum Gasteiger partial charge on any atom is 0.119 e. The normalized spacial score (nSPS) is 19.2. The molecule has 2 rings (SSSR count). The van der Waals surface area contributed by atoms with Gasteiger partial charge in [0.25, 0.3) is 0 Å². The minimum Gasteiger partial charge on any atom is -0.491 e. The zero-order valence-corrected chi connectivity index (χ0v) is 12.4. The summed E-state index contributed by atoms with van der Waals surface area (Å²) in [5.41, 5.74) is 0.503. The van der Waals surface area contributed by atoms with Gasteiger partial charge in [0, 0.05) is 19.7 Å². The van der Waals surface area contributed by atoms with E-state index >= 15 is 0 Å². The van der Waals surface area contributed by atoms with Crippen LogP contribution in [0.4, 0.5) is 0 Å². The van der Waals surface area contributed by atoms with Crippen LogP contribution in [0.25, 0.3) is 0 Å². The molecule has 1 aromatic rings. The Kier molecular flexibility index (Phi) is 5.40. The van der Waals surface area contributed by atoms with Crippen molar-refractivity contribution in [1.82, 2.24) is 5.32 Å². The first-order chi connectivity index (χ1) is 9.53. The molecule has 1 aromatic carbocycles. The van der Waals surface area contributed by atoms with Crippen molar-refractivity contribution in [2.75, 3.05) is 19.8 Å². The van der Waals surface area contributed by atoms with E-state index in [-0.39, 0.29) is 6.10 Å². The van der Waals surface area contributed by atoms with Crippen molar-refractivity contribution >= 4 is 0 Å². The van der Waals surface area contributed by atoms with Crippen molar-refractivity contribution in [3.8, 4) is 5.75 Å². The van der Waals surface area contributed by atoms with Gasteiger partial charge in [-0.15, -0.1) is 0 Å². The highest BCUT2D eigenvalue weighted by atomic mass is 16.5. The highest BCUT2D eigenvalue weighted by Gasteiger charge is 2.15. The maximum atomic E-state index is 9.62. The maximum absolute atomic E-state index is 9.62. The molecule has 112 valence electrons. The third-order valence-corrected chi connectivity index (χ3v) is 3.27. The first kappa shape index (κ1) is 15.3. The van der Waals surface area contributed by atoms with Crippen molar-refractivity contribution < 1.29 is 14.6 Å². The lowest BCUT2D eigenvalue weighted by Crippen LogP contribution is -2.34. The Morgan fingerprint density at radius 3 is 2.70 bits per heavy atom. The lowest BCUT2D eigenvalue weighted by atomic mass is 10.1. The van der Waals surface area contributed by atoms with Gasteiger partial charge in [-0.25, -0.2) is 0 Å². The second kappa shape index (κ2) is 7.07. The molecule has 2 N–H and O–H groups in total. The van der Waals surface area contributed by atoms with Gasteiger partial charge in [0.1, 0.15) is 12.4 Å². The van der Waals surface area contributed by atoms with Gasteiger partial charge in [0.2, 0.25) is 0 Å². The van der Waals surface area contributed by atoms with E-state index in [9.17, 15) is 5.11 Å². The van der Waals surface area contributed by atoms with Gasteiger partial charge >= 0.3 is 0 Å². The molecule has 1 saturated heterocycles. The molecule has 20 heavy (non-hydrogen) atoms. The lowest BCUT2D eigenvalue weighted by molar-refractivity contribution is 0.0679. The molecule has 4 nitrogen and oxygen atoms in total. The highest BCUT2D eigenvalue weighted by Crippen LogP contribution is 2.16. The zero-order chi connectivity index (χ0) is 14.4. The topological polar surface area (TPSA) is 50.7 Å². The monoisotopic (exact) mass is 279 g/mol. The molecule has 4 heteroatoms. The molecule has 0 saturated carbocycles. The molecule has 0 aliphatic carbocycles. The fourth-order valence-corrected chi connectivity index (χ4v) is 2.18. The highest BCUT2D eigenvalue weighted by molar-refractivity contribution is 5.27. The molecule has 0 amide bonds. The summed E-state index contributed by atoms with van der Waals surface area (Å²) in [6.45, 7) is 6.40. The van der Waals surface area contributed by atoms with Gasteiger partial charge in [-0.2, -0.15) is 0 Å². The number of ether oxygens (including phenoxy) is 2. The summed E-state index contributed by atoms with van der Waals surface area (Å²) in [5, 5.41) is 12.8. The number of nitrogens with one attached hydrogen (secondary N) is 1. The average Bonchev–Trinajstić information content (AvgIpc) is 2.89. The molecular weight excluding hydrogens is 254 g/mol. The summed E-state index contributed by atoms with van der Waals surface area (Å²) >= 11 is 0. The van der Waals surface area contributed by atoms with Gasteiger partial charge in [-0.3, -0.25) is 0 Å². The number of hydrogen-bond acceptors (Lipinski definition) is 4. The molecule has 1 aliphatic rings. The molecule has 0 aromatic heterocycles. The van der Waals surface area contributed by atoms with E-state index in [1.165, 1.54) is 5.56 Å². The van der Waals surface area contributed by atoms with Crippen molar-refractivity contribution in [3.05, 3.63) is 29.8 Å². The largest absolute Gasteiger partial charge is 0.491 e. The summed E-state index contributed by atoms with van der Waals surface area (Å²) < 4.78 is 11.2. The van der Waals surface area contributed by atoms with Crippen molar-refractivity contribution in [2.24, 2.45) is 0 Å². The molecule has 1 heterocycles. The zero-order valence-electron chi connectivity index (χ0n) is 12.4. The molecule has 1 fully saturated rings. The Labute approximate surface area is 121 Å². The number of benzene rings is 1. The summed E-state index contributed by atoms with van der Waals surface area (Å²) in [7, 11) is 0. The predicted molar refractivity (Wildman–Crippen MR) is 78.9 cm³/mol. The van der Waals surface area contributed by atoms with Crippen molar-refractivity contribution in [1.29, 1.82) is 0 Å². The van der Waals surface area contributed by atoms with Gasteiger partial charge in [-0.05, 0) is 44.4 Å². The summed E-state index contributed by atoms with van der Waals surface area (Å²) in [6.07, 6.45) is 2.49. The third-order valence-electron chi connectivity index (χ3n) is 3.27. The first-order valence-electron chi connectivity index (χ1n) is 7.29. The smallest absolute Gasteiger partial charge is 0.119 e. The van der Waals surface area contributed by atoms with Crippen LogP contribution < -0.4 is 10.1 Å². The SMILES string of the molecule is CC(C)(O)CNCc1ccc(OCC2CCCO2)cc1. The number of hydrogen-bond donors (Lipinski definition) is 2. The second-order valence-corrected chi connectivity index (χ2v) is 6.01. The van der Waals surface area contributed by atoms with E-state index in [4.69, 9.17) is 9.47 Å². The van der Waals surface area contributed by atoms with Gasteiger partial charge in [0.15, 0.2) is 0 Å². The Morgan fingerprint density at radius 2 is 2.10 bits per heavy atom. The van der Waals surface area contributed by atoms with Crippen LogP contribution in [-0.4, -0.2) is 36.6 Å². The van der Waals surface area contributed by atoms with Crippen LogP contribution in [0, 0.1) is 0 Å². The van der Waals surface area contributed by atoms with Crippen molar-refractivity contribution in [2.45, 2.75) is 44.9 Å². The number of aliphatic hydroxyl groups is 1. The van der Waals surface area contributed by atoms with Crippen LogP contribution in [0.1, 0.15) is 32.3 Å². The average molecular weight is 279 g/mol. The van der Waals surface area contributed by atoms with Crippen LogP contribution in [0.2, 0.25) is 0 Å². The molecule has 1 unspecified atom stereocenters. The minimum absolute atomic E-state index is 0.253.